The molecular formula is C11H15N2O7P. The van der Waals surface area contributed by atoms with Gasteiger partial charge in [0.25, 0.3) is 5.56 Å². The molecule has 0 aliphatic carbocycles. The number of aromatic nitrogens is 2. The van der Waals surface area contributed by atoms with E-state index in [9.17, 15) is 14.2 Å². The fourth-order valence-corrected chi connectivity index (χ4v) is 2.33. The second-order valence-electron chi connectivity index (χ2n) is 4.07. The monoisotopic (exact) mass is 318 g/mol. The molecule has 0 amide bonds. The fourth-order valence-electron chi connectivity index (χ4n) is 1.64. The van der Waals surface area contributed by atoms with Crippen LogP contribution in [0.5, 0.6) is 0 Å². The molecule has 1 aromatic heterocycles. The van der Waals surface area contributed by atoms with E-state index in [4.69, 9.17) is 18.5 Å². The second kappa shape index (κ2) is 6.50. The van der Waals surface area contributed by atoms with Gasteiger partial charge in [0.15, 0.2) is 18.9 Å². The third-order valence-corrected chi connectivity index (χ3v) is 4.36. The summed E-state index contributed by atoms with van der Waals surface area (Å²) < 4.78 is 33.1. The van der Waals surface area contributed by atoms with Crippen molar-refractivity contribution in [3.63, 3.8) is 0 Å². The Morgan fingerprint density at radius 3 is 2.67 bits per heavy atom. The number of rotatable bonds is 6. The number of hydrogen-bond acceptors (Lipinski definition) is 7. The molecule has 0 saturated carbocycles. The van der Waals surface area contributed by atoms with Gasteiger partial charge in [-0.15, -0.1) is 0 Å². The first-order valence-corrected chi connectivity index (χ1v) is 7.67. The molecule has 1 N–H and O–H groups in total. The standard InChI is InChI=1S/C11H15N2O7P/c1-17-21(16,18-2)7-19-10-4-3-9(20-10)13-6-5-8(14)12-11(13)15/h3-6,9-10H,7H2,1-2H3,(H,12,14,15). The first kappa shape index (κ1) is 15.9. The number of ether oxygens (including phenoxy) is 2. The van der Waals surface area contributed by atoms with Crippen molar-refractivity contribution in [1.82, 2.24) is 9.55 Å². The number of H-pyrrole nitrogens is 1. The van der Waals surface area contributed by atoms with E-state index in [0.717, 1.165) is 0 Å². The van der Waals surface area contributed by atoms with E-state index >= 15 is 0 Å². The van der Waals surface area contributed by atoms with Crippen molar-refractivity contribution >= 4 is 7.60 Å². The third-order valence-electron chi connectivity index (χ3n) is 2.79. The highest BCUT2D eigenvalue weighted by Crippen LogP contribution is 2.46. The summed E-state index contributed by atoms with van der Waals surface area (Å²) in [4.78, 5) is 24.7. The molecule has 1 aromatic rings. The van der Waals surface area contributed by atoms with Gasteiger partial charge in [0, 0.05) is 26.5 Å². The average molecular weight is 318 g/mol. The van der Waals surface area contributed by atoms with E-state index in [1.165, 1.54) is 31.0 Å². The SMILES string of the molecule is COP(=O)(COC1C=CC(n2ccc(=O)[nH]c2=O)O1)OC. The number of nitrogens with zero attached hydrogens (tertiary/aromatic N) is 1. The Morgan fingerprint density at radius 1 is 1.33 bits per heavy atom. The van der Waals surface area contributed by atoms with Crippen molar-refractivity contribution in [2.24, 2.45) is 0 Å². The predicted octanol–water partition coefficient (Wildman–Crippen LogP) is 0.408. The van der Waals surface area contributed by atoms with Crippen LogP contribution in [-0.2, 0) is 23.1 Å². The lowest BCUT2D eigenvalue weighted by atomic mass is 10.5. The molecule has 10 heteroatoms. The Morgan fingerprint density at radius 2 is 2.05 bits per heavy atom. The summed E-state index contributed by atoms with van der Waals surface area (Å²) in [6, 6.07) is 1.21. The maximum Gasteiger partial charge on any atom is 0.355 e. The zero-order valence-corrected chi connectivity index (χ0v) is 12.3. The van der Waals surface area contributed by atoms with Crippen LogP contribution in [0.4, 0.5) is 0 Å². The molecule has 0 saturated heterocycles. The summed E-state index contributed by atoms with van der Waals surface area (Å²) >= 11 is 0. The van der Waals surface area contributed by atoms with E-state index in [2.05, 4.69) is 4.98 Å². The van der Waals surface area contributed by atoms with Crippen LogP contribution in [0.1, 0.15) is 6.23 Å². The van der Waals surface area contributed by atoms with Crippen LogP contribution in [0.15, 0.2) is 34.0 Å². The van der Waals surface area contributed by atoms with E-state index in [1.807, 2.05) is 0 Å². The number of nitrogens with one attached hydrogen (secondary N) is 1. The van der Waals surface area contributed by atoms with Crippen LogP contribution in [-0.4, -0.2) is 36.4 Å². The molecule has 2 rings (SSSR count). The van der Waals surface area contributed by atoms with Crippen molar-refractivity contribution < 1.29 is 23.1 Å². The predicted molar refractivity (Wildman–Crippen MR) is 71.9 cm³/mol. The second-order valence-corrected chi connectivity index (χ2v) is 6.28. The first-order valence-electron chi connectivity index (χ1n) is 5.95. The van der Waals surface area contributed by atoms with Crippen LogP contribution in [0.3, 0.4) is 0 Å². The van der Waals surface area contributed by atoms with E-state index in [1.54, 1.807) is 12.2 Å². The number of aromatic amines is 1. The molecule has 1 aliphatic rings. The minimum absolute atomic E-state index is 0.289. The quantitative estimate of drug-likeness (QED) is 0.597. The Kier molecular flexibility index (Phi) is 4.92. The van der Waals surface area contributed by atoms with Gasteiger partial charge in [-0.3, -0.25) is 18.9 Å². The maximum absolute atomic E-state index is 11.8. The zero-order chi connectivity index (χ0) is 15.5. The van der Waals surface area contributed by atoms with Gasteiger partial charge in [-0.05, 0) is 12.2 Å². The molecule has 116 valence electrons. The maximum atomic E-state index is 11.8. The lowest BCUT2D eigenvalue weighted by Crippen LogP contribution is -2.31. The lowest BCUT2D eigenvalue weighted by molar-refractivity contribution is -0.128. The summed E-state index contributed by atoms with van der Waals surface area (Å²) in [5.41, 5.74) is -1.09. The van der Waals surface area contributed by atoms with Crippen molar-refractivity contribution in [3.05, 3.63) is 45.3 Å². The highest BCUT2D eigenvalue weighted by atomic mass is 31.2. The molecule has 0 aromatic carbocycles. The molecule has 2 atom stereocenters. The molecule has 0 radical (unpaired) electrons. The highest BCUT2D eigenvalue weighted by Gasteiger charge is 2.27. The summed E-state index contributed by atoms with van der Waals surface area (Å²) in [7, 11) is -0.790. The van der Waals surface area contributed by atoms with Crippen LogP contribution in [0.2, 0.25) is 0 Å². The van der Waals surface area contributed by atoms with Gasteiger partial charge < -0.3 is 18.5 Å². The van der Waals surface area contributed by atoms with Crippen LogP contribution >= 0.6 is 7.60 Å². The van der Waals surface area contributed by atoms with Crippen LogP contribution in [0, 0.1) is 0 Å². The van der Waals surface area contributed by atoms with Gasteiger partial charge in [-0.25, -0.2) is 4.79 Å². The third kappa shape index (κ3) is 3.78. The first-order chi connectivity index (χ1) is 9.97. The van der Waals surface area contributed by atoms with Gasteiger partial charge in [0.2, 0.25) is 0 Å². The molecule has 0 spiro atoms. The molecule has 2 heterocycles. The zero-order valence-electron chi connectivity index (χ0n) is 11.4. The fraction of sp³-hybridized carbons (Fsp3) is 0.455. The molecule has 0 fully saturated rings. The van der Waals surface area contributed by atoms with Crippen molar-refractivity contribution in [2.45, 2.75) is 12.5 Å². The van der Waals surface area contributed by atoms with Gasteiger partial charge >= 0.3 is 13.3 Å². The number of hydrogen-bond donors (Lipinski definition) is 1. The molecule has 2 unspecified atom stereocenters. The molecule has 9 nitrogen and oxygen atoms in total. The molecule has 1 aliphatic heterocycles. The summed E-state index contributed by atoms with van der Waals surface area (Å²) in [6.07, 6.45) is 2.64. The minimum atomic E-state index is -3.29. The van der Waals surface area contributed by atoms with E-state index < -0.39 is 31.4 Å². The average Bonchev–Trinajstić information content (AvgIpc) is 2.93. The Labute approximate surface area is 119 Å². The van der Waals surface area contributed by atoms with Crippen molar-refractivity contribution in [1.29, 1.82) is 0 Å². The van der Waals surface area contributed by atoms with Crippen molar-refractivity contribution in [2.75, 3.05) is 20.6 Å². The minimum Gasteiger partial charge on any atom is -0.336 e. The van der Waals surface area contributed by atoms with E-state index in [0.29, 0.717) is 0 Å². The normalized spacial score (nSPS) is 21.8. The van der Waals surface area contributed by atoms with Crippen molar-refractivity contribution in [3.8, 4) is 0 Å². The van der Waals surface area contributed by atoms with Gasteiger partial charge in [-0.1, -0.05) is 0 Å². The van der Waals surface area contributed by atoms with Gasteiger partial charge in [0.05, 0.1) is 0 Å². The summed E-state index contributed by atoms with van der Waals surface area (Å²) in [5, 5.41) is 0. The van der Waals surface area contributed by atoms with Gasteiger partial charge in [0.1, 0.15) is 0 Å². The molecular weight excluding hydrogens is 303 g/mol. The largest absolute Gasteiger partial charge is 0.355 e. The molecule has 0 bridgehead atoms. The molecule has 21 heavy (non-hydrogen) atoms. The van der Waals surface area contributed by atoms with E-state index in [-0.39, 0.29) is 6.35 Å². The van der Waals surface area contributed by atoms with Crippen LogP contribution in [0.25, 0.3) is 0 Å². The lowest BCUT2D eigenvalue weighted by Gasteiger charge is -2.18. The Balaban J connectivity index is 1.99. The summed E-state index contributed by atoms with van der Waals surface area (Å²) in [5.74, 6) is 0. The summed E-state index contributed by atoms with van der Waals surface area (Å²) in [6.45, 7) is 0. The Hall–Kier alpha value is -1.51. The smallest absolute Gasteiger partial charge is 0.336 e. The van der Waals surface area contributed by atoms with Gasteiger partial charge in [-0.2, -0.15) is 0 Å². The Bertz CT molecular complexity index is 672. The topological polar surface area (TPSA) is 109 Å². The van der Waals surface area contributed by atoms with Crippen LogP contribution < -0.4 is 11.2 Å². The highest BCUT2D eigenvalue weighted by molar-refractivity contribution is 7.53.